The van der Waals surface area contributed by atoms with Gasteiger partial charge in [-0.05, 0) is 49.8 Å². The first kappa shape index (κ1) is 23.4. The average Bonchev–Trinajstić information content (AvgIpc) is 3.64. The Morgan fingerprint density at radius 3 is 2.62 bits per heavy atom. The van der Waals surface area contributed by atoms with Crippen LogP contribution >= 0.6 is 0 Å². The molecule has 3 N–H and O–H groups in total. The smallest absolute Gasteiger partial charge is 0.257 e. The lowest BCUT2D eigenvalue weighted by molar-refractivity contribution is -0.117. The SMILES string of the molecule is Cc1ncc(NC(=O)CN2C[C@H]3CCC[C@H]3C2)cc1NC(=O)c1cnc2[nH]c(-c3cnn(C)c3)cc2c1. The molecule has 4 aromatic heterocycles. The standard InChI is InChI=1S/C27H30N8O2/c1-16-23(8-22(11-28-16)31-25(36)15-35-13-17-4-3-5-18(17)14-35)33-27(37)20-6-19-7-24(32-26(19)29-9-20)21-10-30-34(2)12-21/h6-12,17-18H,3-5,13-15H2,1-2H3,(H,29,32)(H,31,36)(H,33,37)/t17-,18+. The molecule has 190 valence electrons. The normalized spacial score (nSPS) is 19.3. The molecule has 1 aliphatic heterocycles. The first-order valence-electron chi connectivity index (χ1n) is 12.7. The number of rotatable bonds is 6. The third-order valence-corrected chi connectivity index (χ3v) is 7.54. The van der Waals surface area contributed by atoms with E-state index in [1.807, 2.05) is 26.2 Å². The number of aryl methyl sites for hydroxylation is 2. The van der Waals surface area contributed by atoms with Gasteiger partial charge < -0.3 is 15.6 Å². The van der Waals surface area contributed by atoms with Crippen molar-refractivity contribution in [3.8, 4) is 11.3 Å². The van der Waals surface area contributed by atoms with Crippen molar-refractivity contribution >= 4 is 34.2 Å². The van der Waals surface area contributed by atoms with Crippen molar-refractivity contribution < 1.29 is 9.59 Å². The molecule has 0 radical (unpaired) electrons. The zero-order chi connectivity index (χ0) is 25.5. The molecule has 0 aromatic carbocycles. The summed E-state index contributed by atoms with van der Waals surface area (Å²) in [4.78, 5) is 40.0. The lowest BCUT2D eigenvalue weighted by atomic mass is 10.0. The van der Waals surface area contributed by atoms with Gasteiger partial charge in [0.2, 0.25) is 5.91 Å². The Bertz CT molecular complexity index is 1480. The summed E-state index contributed by atoms with van der Waals surface area (Å²) in [5.41, 5.74) is 4.72. The number of aromatic nitrogens is 5. The molecule has 2 atom stereocenters. The Kier molecular flexibility index (Phi) is 5.96. The highest BCUT2D eigenvalue weighted by Gasteiger charge is 2.36. The molecule has 0 bridgehead atoms. The molecule has 1 aliphatic carbocycles. The molecular weight excluding hydrogens is 468 g/mol. The van der Waals surface area contributed by atoms with Gasteiger partial charge in [-0.3, -0.25) is 24.2 Å². The molecule has 0 unspecified atom stereocenters. The number of carbonyl (C=O) groups excluding carboxylic acids is 2. The molecule has 2 fully saturated rings. The maximum absolute atomic E-state index is 13.1. The zero-order valence-electron chi connectivity index (χ0n) is 21.0. The number of amides is 2. The van der Waals surface area contributed by atoms with Crippen LogP contribution in [-0.4, -0.2) is 61.1 Å². The Morgan fingerprint density at radius 2 is 1.86 bits per heavy atom. The number of fused-ring (bicyclic) bond motifs is 2. The van der Waals surface area contributed by atoms with Crippen LogP contribution in [0.5, 0.6) is 0 Å². The summed E-state index contributed by atoms with van der Waals surface area (Å²) in [7, 11) is 1.86. The van der Waals surface area contributed by atoms with Crippen molar-refractivity contribution in [2.75, 3.05) is 30.3 Å². The van der Waals surface area contributed by atoms with E-state index in [9.17, 15) is 9.59 Å². The quantitative estimate of drug-likeness (QED) is 0.374. The van der Waals surface area contributed by atoms with Crippen LogP contribution in [0.3, 0.4) is 0 Å². The number of nitrogens with one attached hydrogen (secondary N) is 3. The third-order valence-electron chi connectivity index (χ3n) is 7.54. The molecule has 0 spiro atoms. The van der Waals surface area contributed by atoms with Crippen molar-refractivity contribution in [3.63, 3.8) is 0 Å². The largest absolute Gasteiger partial charge is 0.339 e. The summed E-state index contributed by atoms with van der Waals surface area (Å²) >= 11 is 0. The molecule has 10 nitrogen and oxygen atoms in total. The van der Waals surface area contributed by atoms with E-state index in [0.717, 1.165) is 41.6 Å². The Morgan fingerprint density at radius 1 is 1.05 bits per heavy atom. The maximum atomic E-state index is 13.1. The monoisotopic (exact) mass is 498 g/mol. The molecule has 1 saturated heterocycles. The predicted octanol–water partition coefficient (Wildman–Crippen LogP) is 3.59. The van der Waals surface area contributed by atoms with Crippen LogP contribution in [0.4, 0.5) is 11.4 Å². The Labute approximate surface area is 214 Å². The second-order valence-electron chi connectivity index (χ2n) is 10.3. The molecule has 2 aliphatic rings. The molecular formula is C27H30N8O2. The molecule has 10 heteroatoms. The molecule has 5 heterocycles. The van der Waals surface area contributed by atoms with E-state index in [1.54, 1.807) is 35.4 Å². The van der Waals surface area contributed by atoms with Gasteiger partial charge in [-0.1, -0.05) is 6.42 Å². The van der Waals surface area contributed by atoms with Gasteiger partial charge in [0, 0.05) is 43.5 Å². The fraction of sp³-hybridized carbons (Fsp3) is 0.370. The highest BCUT2D eigenvalue weighted by molar-refractivity contribution is 6.06. The highest BCUT2D eigenvalue weighted by Crippen LogP contribution is 2.37. The van der Waals surface area contributed by atoms with Crippen molar-refractivity contribution in [2.24, 2.45) is 18.9 Å². The van der Waals surface area contributed by atoms with Crippen LogP contribution < -0.4 is 10.6 Å². The Balaban J connectivity index is 1.12. The zero-order valence-corrected chi connectivity index (χ0v) is 21.0. The molecule has 37 heavy (non-hydrogen) atoms. The second-order valence-corrected chi connectivity index (χ2v) is 10.3. The number of H-pyrrole nitrogens is 1. The molecule has 4 aromatic rings. The summed E-state index contributed by atoms with van der Waals surface area (Å²) in [6.45, 7) is 4.22. The van der Waals surface area contributed by atoms with Gasteiger partial charge in [0.25, 0.3) is 5.91 Å². The number of anilines is 2. The van der Waals surface area contributed by atoms with Gasteiger partial charge in [0.05, 0.1) is 47.3 Å². The fourth-order valence-corrected chi connectivity index (χ4v) is 5.64. The molecule has 6 rings (SSSR count). The van der Waals surface area contributed by atoms with Crippen LogP contribution in [0, 0.1) is 18.8 Å². The van der Waals surface area contributed by atoms with E-state index in [1.165, 1.54) is 19.3 Å². The topological polar surface area (TPSA) is 121 Å². The van der Waals surface area contributed by atoms with Crippen molar-refractivity contribution in [3.05, 3.63) is 54.2 Å². The van der Waals surface area contributed by atoms with Crippen molar-refractivity contribution in [1.29, 1.82) is 0 Å². The number of hydrogen-bond acceptors (Lipinski definition) is 6. The van der Waals surface area contributed by atoms with E-state index in [-0.39, 0.29) is 11.8 Å². The van der Waals surface area contributed by atoms with Crippen LogP contribution in [0.2, 0.25) is 0 Å². The van der Waals surface area contributed by atoms with Crippen LogP contribution in [0.15, 0.2) is 43.0 Å². The average molecular weight is 499 g/mol. The van der Waals surface area contributed by atoms with E-state index in [0.29, 0.717) is 34.8 Å². The van der Waals surface area contributed by atoms with E-state index < -0.39 is 0 Å². The summed E-state index contributed by atoms with van der Waals surface area (Å²) in [5, 5.41) is 10.9. The minimum absolute atomic E-state index is 0.0607. The summed E-state index contributed by atoms with van der Waals surface area (Å²) in [6, 6.07) is 5.50. The van der Waals surface area contributed by atoms with Crippen LogP contribution in [-0.2, 0) is 11.8 Å². The Hall–Kier alpha value is -4.05. The third kappa shape index (κ3) is 4.84. The van der Waals surface area contributed by atoms with E-state index in [2.05, 4.69) is 35.6 Å². The second kappa shape index (κ2) is 9.44. The lowest BCUT2D eigenvalue weighted by Crippen LogP contribution is -2.32. The van der Waals surface area contributed by atoms with Gasteiger partial charge in [0.15, 0.2) is 0 Å². The first-order chi connectivity index (χ1) is 17.9. The molecule has 1 saturated carbocycles. The molecule has 2 amide bonds. The minimum atomic E-state index is -0.296. The fourth-order valence-electron chi connectivity index (χ4n) is 5.64. The number of pyridine rings is 2. The maximum Gasteiger partial charge on any atom is 0.257 e. The van der Waals surface area contributed by atoms with Crippen molar-refractivity contribution in [1.82, 2.24) is 29.6 Å². The first-order valence-corrected chi connectivity index (χ1v) is 12.7. The minimum Gasteiger partial charge on any atom is -0.339 e. The number of hydrogen-bond donors (Lipinski definition) is 3. The number of likely N-dealkylation sites (tertiary alicyclic amines) is 1. The number of nitrogens with zero attached hydrogens (tertiary/aromatic N) is 5. The number of aromatic amines is 1. The summed E-state index contributed by atoms with van der Waals surface area (Å²) in [5.74, 6) is 1.14. The van der Waals surface area contributed by atoms with Gasteiger partial charge in [0.1, 0.15) is 5.65 Å². The van der Waals surface area contributed by atoms with Gasteiger partial charge in [-0.15, -0.1) is 0 Å². The lowest BCUT2D eigenvalue weighted by Gasteiger charge is -2.16. The van der Waals surface area contributed by atoms with Gasteiger partial charge in [-0.2, -0.15) is 5.10 Å². The predicted molar refractivity (Wildman–Crippen MR) is 141 cm³/mol. The summed E-state index contributed by atoms with van der Waals surface area (Å²) in [6.07, 6.45) is 10.7. The van der Waals surface area contributed by atoms with E-state index in [4.69, 9.17) is 0 Å². The van der Waals surface area contributed by atoms with Gasteiger partial charge >= 0.3 is 0 Å². The summed E-state index contributed by atoms with van der Waals surface area (Å²) < 4.78 is 1.73. The number of carbonyl (C=O) groups is 2. The highest BCUT2D eigenvalue weighted by atomic mass is 16.2. The van der Waals surface area contributed by atoms with Crippen LogP contribution in [0.1, 0.15) is 35.3 Å². The van der Waals surface area contributed by atoms with Crippen LogP contribution in [0.25, 0.3) is 22.3 Å². The van der Waals surface area contributed by atoms with Gasteiger partial charge in [-0.25, -0.2) is 4.98 Å². The van der Waals surface area contributed by atoms with E-state index >= 15 is 0 Å². The van der Waals surface area contributed by atoms with Crippen molar-refractivity contribution in [2.45, 2.75) is 26.2 Å².